The molecule has 0 aromatic carbocycles. The summed E-state index contributed by atoms with van der Waals surface area (Å²) in [7, 11) is 0. The number of nitrogens with two attached hydrogens (primary N) is 1. The van der Waals surface area contributed by atoms with Crippen molar-refractivity contribution in [2.75, 3.05) is 5.73 Å². The highest BCUT2D eigenvalue weighted by Gasteiger charge is 2.10. The van der Waals surface area contributed by atoms with Crippen LogP contribution in [0.3, 0.4) is 0 Å². The van der Waals surface area contributed by atoms with E-state index >= 15 is 0 Å². The van der Waals surface area contributed by atoms with Gasteiger partial charge >= 0.3 is 0 Å². The van der Waals surface area contributed by atoms with Gasteiger partial charge in [0.05, 0.1) is 6.10 Å². The van der Waals surface area contributed by atoms with E-state index in [2.05, 4.69) is 11.9 Å². The van der Waals surface area contributed by atoms with Gasteiger partial charge in [0.25, 0.3) is 0 Å². The molecule has 1 unspecified atom stereocenters. The summed E-state index contributed by atoms with van der Waals surface area (Å²) in [5.74, 6) is 0.448. The van der Waals surface area contributed by atoms with Crippen LogP contribution >= 0.6 is 0 Å². The molecule has 90 valence electrons. The van der Waals surface area contributed by atoms with Crippen molar-refractivity contribution in [2.24, 2.45) is 0 Å². The monoisotopic (exact) mass is 222 g/mol. The van der Waals surface area contributed by atoms with Gasteiger partial charge in [-0.15, -0.1) is 0 Å². The molecular formula is C13H22N2O. The predicted molar refractivity (Wildman–Crippen MR) is 67.0 cm³/mol. The highest BCUT2D eigenvalue weighted by molar-refractivity contribution is 5.39. The molecule has 0 saturated heterocycles. The maximum absolute atomic E-state index is 9.94. The van der Waals surface area contributed by atoms with E-state index in [4.69, 9.17) is 5.73 Å². The van der Waals surface area contributed by atoms with E-state index < -0.39 is 6.10 Å². The van der Waals surface area contributed by atoms with E-state index in [9.17, 15) is 5.11 Å². The Kier molecular flexibility index (Phi) is 5.86. The Hall–Kier alpha value is -1.09. The Balaban J connectivity index is 2.30. The lowest BCUT2D eigenvalue weighted by atomic mass is 10.0. The van der Waals surface area contributed by atoms with Crippen LogP contribution in [0.1, 0.15) is 57.1 Å². The summed E-state index contributed by atoms with van der Waals surface area (Å²) < 4.78 is 0. The Bertz CT molecular complexity index is 302. The fourth-order valence-corrected chi connectivity index (χ4v) is 1.81. The van der Waals surface area contributed by atoms with Gasteiger partial charge in [-0.1, -0.05) is 45.1 Å². The quantitative estimate of drug-likeness (QED) is 0.697. The van der Waals surface area contributed by atoms with E-state index in [1.54, 1.807) is 6.20 Å². The standard InChI is InChI=1S/C13H22N2O/c1-2-3-4-5-6-9-12(16)11-8-7-10-15-13(11)14/h7-8,10,12,16H,2-6,9H2,1H3,(H2,14,15). The van der Waals surface area contributed by atoms with Crippen LogP contribution in [0.5, 0.6) is 0 Å². The van der Waals surface area contributed by atoms with Crippen molar-refractivity contribution in [3.63, 3.8) is 0 Å². The molecule has 0 bridgehead atoms. The van der Waals surface area contributed by atoms with Crippen molar-refractivity contribution in [1.82, 2.24) is 4.98 Å². The summed E-state index contributed by atoms with van der Waals surface area (Å²) in [6, 6.07) is 3.66. The molecule has 0 aliphatic rings. The summed E-state index contributed by atoms with van der Waals surface area (Å²) in [5.41, 5.74) is 6.46. The van der Waals surface area contributed by atoms with Gasteiger partial charge in [-0.3, -0.25) is 0 Å². The average Bonchev–Trinajstić information content (AvgIpc) is 2.29. The first-order valence-electron chi connectivity index (χ1n) is 6.14. The highest BCUT2D eigenvalue weighted by atomic mass is 16.3. The molecule has 3 heteroatoms. The summed E-state index contributed by atoms with van der Waals surface area (Å²) in [6.07, 6.45) is 7.98. The van der Waals surface area contributed by atoms with Crippen molar-refractivity contribution in [3.8, 4) is 0 Å². The molecule has 3 N–H and O–H groups in total. The number of nitrogen functional groups attached to an aromatic ring is 1. The normalized spacial score (nSPS) is 12.6. The second kappa shape index (κ2) is 7.23. The molecule has 0 aliphatic carbocycles. The molecule has 1 heterocycles. The molecule has 0 radical (unpaired) electrons. The molecule has 1 rings (SSSR count). The van der Waals surface area contributed by atoms with E-state index in [0.29, 0.717) is 5.82 Å². The number of hydrogen-bond acceptors (Lipinski definition) is 3. The van der Waals surface area contributed by atoms with Crippen LogP contribution in [0.15, 0.2) is 18.3 Å². The van der Waals surface area contributed by atoms with Gasteiger partial charge in [-0.25, -0.2) is 4.98 Å². The average molecular weight is 222 g/mol. The Morgan fingerprint density at radius 1 is 1.31 bits per heavy atom. The third-order valence-corrected chi connectivity index (χ3v) is 2.81. The first-order valence-corrected chi connectivity index (χ1v) is 6.14. The molecule has 0 fully saturated rings. The summed E-state index contributed by atoms with van der Waals surface area (Å²) in [6.45, 7) is 2.20. The van der Waals surface area contributed by atoms with Crippen LogP contribution < -0.4 is 5.73 Å². The van der Waals surface area contributed by atoms with Crippen LogP contribution in [-0.2, 0) is 0 Å². The molecule has 0 saturated carbocycles. The molecule has 0 amide bonds. The molecule has 1 aromatic heterocycles. The zero-order valence-corrected chi connectivity index (χ0v) is 10.0. The molecule has 0 spiro atoms. The maximum atomic E-state index is 9.94. The van der Waals surface area contributed by atoms with Crippen molar-refractivity contribution in [3.05, 3.63) is 23.9 Å². The topological polar surface area (TPSA) is 59.1 Å². The molecular weight excluding hydrogens is 200 g/mol. The largest absolute Gasteiger partial charge is 0.388 e. The minimum Gasteiger partial charge on any atom is -0.388 e. The third kappa shape index (κ3) is 4.19. The zero-order valence-electron chi connectivity index (χ0n) is 10.0. The van der Waals surface area contributed by atoms with Gasteiger partial charge in [-0.2, -0.15) is 0 Å². The van der Waals surface area contributed by atoms with E-state index in [1.807, 2.05) is 12.1 Å². The lowest BCUT2D eigenvalue weighted by molar-refractivity contribution is 0.164. The number of aliphatic hydroxyl groups is 1. The number of pyridine rings is 1. The van der Waals surface area contributed by atoms with E-state index in [0.717, 1.165) is 18.4 Å². The van der Waals surface area contributed by atoms with Crippen LogP contribution in [-0.4, -0.2) is 10.1 Å². The first-order chi connectivity index (χ1) is 7.75. The van der Waals surface area contributed by atoms with Gasteiger partial charge in [0, 0.05) is 11.8 Å². The lowest BCUT2D eigenvalue weighted by Crippen LogP contribution is -2.03. The Morgan fingerprint density at radius 3 is 2.75 bits per heavy atom. The van der Waals surface area contributed by atoms with Crippen LogP contribution in [0, 0.1) is 0 Å². The molecule has 16 heavy (non-hydrogen) atoms. The number of unbranched alkanes of at least 4 members (excludes halogenated alkanes) is 4. The summed E-state index contributed by atoms with van der Waals surface area (Å²) >= 11 is 0. The number of hydrogen-bond donors (Lipinski definition) is 2. The lowest BCUT2D eigenvalue weighted by Gasteiger charge is -2.12. The second-order valence-electron chi connectivity index (χ2n) is 4.20. The Labute approximate surface area is 97.7 Å². The van der Waals surface area contributed by atoms with Crippen molar-refractivity contribution >= 4 is 5.82 Å². The molecule has 3 nitrogen and oxygen atoms in total. The van der Waals surface area contributed by atoms with Gasteiger partial charge in [0.1, 0.15) is 5.82 Å². The van der Waals surface area contributed by atoms with Crippen molar-refractivity contribution in [1.29, 1.82) is 0 Å². The van der Waals surface area contributed by atoms with Gasteiger partial charge in [0.15, 0.2) is 0 Å². The van der Waals surface area contributed by atoms with Crippen LogP contribution in [0.25, 0.3) is 0 Å². The highest BCUT2D eigenvalue weighted by Crippen LogP contribution is 2.23. The fourth-order valence-electron chi connectivity index (χ4n) is 1.81. The zero-order chi connectivity index (χ0) is 11.8. The second-order valence-corrected chi connectivity index (χ2v) is 4.20. The predicted octanol–water partition coefficient (Wildman–Crippen LogP) is 3.06. The molecule has 1 atom stereocenters. The number of aromatic nitrogens is 1. The minimum absolute atomic E-state index is 0.448. The SMILES string of the molecule is CCCCCCCC(O)c1cccnc1N. The number of nitrogens with zero attached hydrogens (tertiary/aromatic N) is 1. The maximum Gasteiger partial charge on any atom is 0.129 e. The number of anilines is 1. The summed E-state index contributed by atoms with van der Waals surface area (Å²) in [4.78, 5) is 3.98. The fraction of sp³-hybridized carbons (Fsp3) is 0.615. The van der Waals surface area contributed by atoms with E-state index in [1.165, 1.54) is 25.7 Å². The summed E-state index contributed by atoms with van der Waals surface area (Å²) in [5, 5.41) is 9.94. The van der Waals surface area contributed by atoms with Gasteiger partial charge in [0.2, 0.25) is 0 Å². The van der Waals surface area contributed by atoms with Crippen LogP contribution in [0.2, 0.25) is 0 Å². The Morgan fingerprint density at radius 2 is 2.06 bits per heavy atom. The number of rotatable bonds is 7. The van der Waals surface area contributed by atoms with Crippen molar-refractivity contribution in [2.45, 2.75) is 51.6 Å². The van der Waals surface area contributed by atoms with E-state index in [-0.39, 0.29) is 0 Å². The molecule has 1 aromatic rings. The molecule has 0 aliphatic heterocycles. The van der Waals surface area contributed by atoms with Crippen LogP contribution in [0.4, 0.5) is 5.82 Å². The van der Waals surface area contributed by atoms with Crippen molar-refractivity contribution < 1.29 is 5.11 Å². The first kappa shape index (κ1) is 13.0. The minimum atomic E-state index is -0.463. The smallest absolute Gasteiger partial charge is 0.129 e. The van der Waals surface area contributed by atoms with Gasteiger partial charge in [-0.05, 0) is 12.5 Å². The van der Waals surface area contributed by atoms with Gasteiger partial charge < -0.3 is 10.8 Å². The third-order valence-electron chi connectivity index (χ3n) is 2.81. The number of aliphatic hydroxyl groups excluding tert-OH is 1.